The van der Waals surface area contributed by atoms with Gasteiger partial charge in [0.2, 0.25) is 0 Å². The van der Waals surface area contributed by atoms with E-state index in [0.29, 0.717) is 51.8 Å². The van der Waals surface area contributed by atoms with Crippen molar-refractivity contribution in [2.24, 2.45) is 0 Å². The Morgan fingerprint density at radius 1 is 1.15 bits per heavy atom. The topological polar surface area (TPSA) is 95.6 Å². The normalized spacial score (nSPS) is 15.4. The van der Waals surface area contributed by atoms with Crippen LogP contribution in [0.4, 0.5) is 10.2 Å². The molecule has 1 atom stereocenters. The van der Waals surface area contributed by atoms with Gasteiger partial charge in [-0.3, -0.25) is 14.1 Å². The maximum Gasteiger partial charge on any atom is 0.255 e. The minimum atomic E-state index is -1.60. The Labute approximate surface area is 196 Å². The number of hydrogen-bond acceptors (Lipinski definition) is 6. The molecule has 0 spiro atoms. The van der Waals surface area contributed by atoms with Crippen LogP contribution in [-0.2, 0) is 15.7 Å². The van der Waals surface area contributed by atoms with Crippen molar-refractivity contribution in [3.05, 3.63) is 76.5 Å². The third kappa shape index (κ3) is 4.22. The first-order valence-corrected chi connectivity index (χ1v) is 11.9. The zero-order valence-electron chi connectivity index (χ0n) is 18.3. The first kappa shape index (κ1) is 22.3. The van der Waals surface area contributed by atoms with Crippen LogP contribution in [0.2, 0.25) is 0 Å². The molecule has 1 N–H and O–H groups in total. The van der Waals surface area contributed by atoms with E-state index in [1.54, 1.807) is 36.4 Å². The molecule has 0 bridgehead atoms. The third-order valence-electron chi connectivity index (χ3n) is 5.92. The molecule has 1 aliphatic rings. The zero-order valence-corrected chi connectivity index (χ0v) is 19.1. The lowest BCUT2D eigenvalue weighted by atomic mass is 9.91. The molecule has 1 unspecified atom stereocenters. The second kappa shape index (κ2) is 9.40. The van der Waals surface area contributed by atoms with Gasteiger partial charge < -0.3 is 14.0 Å². The lowest BCUT2D eigenvalue weighted by molar-refractivity contribution is 0.0845. The van der Waals surface area contributed by atoms with Gasteiger partial charge in [0.05, 0.1) is 23.2 Å². The summed E-state index contributed by atoms with van der Waals surface area (Å²) >= 11 is 0. The lowest BCUT2D eigenvalue weighted by Gasteiger charge is -2.24. The average molecular weight is 484 g/mol. The molecule has 0 radical (unpaired) electrons. The minimum Gasteiger partial charge on any atom is -0.495 e. The summed E-state index contributed by atoms with van der Waals surface area (Å²) in [6, 6.07) is 12.6. The number of pyridine rings is 1. The maximum atomic E-state index is 15.2. The van der Waals surface area contributed by atoms with Crippen molar-refractivity contribution in [2.75, 3.05) is 25.0 Å². The van der Waals surface area contributed by atoms with Crippen molar-refractivity contribution in [1.29, 1.82) is 0 Å². The van der Waals surface area contributed by atoms with Crippen molar-refractivity contribution >= 4 is 27.7 Å². The van der Waals surface area contributed by atoms with Crippen molar-refractivity contribution in [2.45, 2.75) is 23.7 Å². The predicted octanol–water partition coefficient (Wildman–Crippen LogP) is 4.16. The smallest absolute Gasteiger partial charge is 0.255 e. The zero-order chi connectivity index (χ0) is 23.7. The number of rotatable bonds is 6. The SMILES string of the molecule is COc1cc(C2CCOCC2)c(F)cc1-n1c(=O)ccc2cc(S(=O)Nc3ccon3)ccc21. The number of aromatic nitrogens is 2. The van der Waals surface area contributed by atoms with E-state index in [4.69, 9.17) is 14.0 Å². The number of benzene rings is 2. The number of halogens is 1. The second-order valence-electron chi connectivity index (χ2n) is 7.92. The monoisotopic (exact) mass is 483 g/mol. The summed E-state index contributed by atoms with van der Waals surface area (Å²) in [7, 11) is -0.0983. The van der Waals surface area contributed by atoms with Gasteiger partial charge in [0, 0.05) is 36.8 Å². The molecule has 0 aliphatic carbocycles. The summed E-state index contributed by atoms with van der Waals surface area (Å²) < 4.78 is 47.8. The van der Waals surface area contributed by atoms with Gasteiger partial charge in [-0.2, -0.15) is 0 Å². The van der Waals surface area contributed by atoms with E-state index in [1.165, 1.54) is 30.1 Å². The summed E-state index contributed by atoms with van der Waals surface area (Å²) in [5, 5.41) is 4.35. The summed E-state index contributed by atoms with van der Waals surface area (Å²) in [5.41, 5.74) is 1.07. The molecule has 3 heterocycles. The second-order valence-corrected chi connectivity index (χ2v) is 9.13. The number of nitrogens with one attached hydrogen (secondary N) is 1. The van der Waals surface area contributed by atoms with E-state index in [1.807, 2.05) is 0 Å². The molecular weight excluding hydrogens is 461 g/mol. The Morgan fingerprint density at radius 2 is 1.97 bits per heavy atom. The first-order valence-electron chi connectivity index (χ1n) is 10.8. The van der Waals surface area contributed by atoms with Crippen LogP contribution < -0.4 is 15.0 Å². The Balaban J connectivity index is 1.57. The molecule has 34 heavy (non-hydrogen) atoms. The van der Waals surface area contributed by atoms with E-state index >= 15 is 4.39 Å². The van der Waals surface area contributed by atoms with Crippen LogP contribution in [0.3, 0.4) is 0 Å². The molecule has 1 aliphatic heterocycles. The highest BCUT2D eigenvalue weighted by Crippen LogP contribution is 2.35. The number of hydrogen-bond donors (Lipinski definition) is 1. The number of fused-ring (bicyclic) bond motifs is 1. The highest BCUT2D eigenvalue weighted by Gasteiger charge is 2.23. The van der Waals surface area contributed by atoms with Crippen LogP contribution in [0.5, 0.6) is 5.75 Å². The number of ether oxygens (including phenoxy) is 2. The van der Waals surface area contributed by atoms with E-state index in [2.05, 4.69) is 9.88 Å². The standard InChI is InChI=1S/C24H22FN3O5S/c1-31-22-13-18(15-6-9-32-10-7-15)19(25)14-21(22)28-20-4-3-17(12-16(20)2-5-24(28)29)34(30)27-23-8-11-33-26-23/h2-5,8,11-15H,6-7,9-10H2,1H3,(H,26,27). The van der Waals surface area contributed by atoms with Crippen molar-refractivity contribution in [3.63, 3.8) is 0 Å². The van der Waals surface area contributed by atoms with Gasteiger partial charge in [-0.25, -0.2) is 8.60 Å². The summed E-state index contributed by atoms with van der Waals surface area (Å²) in [4.78, 5) is 13.4. The molecule has 1 saturated heterocycles. The van der Waals surface area contributed by atoms with Gasteiger partial charge in [0.25, 0.3) is 5.56 Å². The maximum absolute atomic E-state index is 15.2. The Bertz CT molecular complexity index is 1410. The van der Waals surface area contributed by atoms with E-state index in [9.17, 15) is 9.00 Å². The van der Waals surface area contributed by atoms with E-state index < -0.39 is 11.0 Å². The molecule has 176 valence electrons. The van der Waals surface area contributed by atoms with Gasteiger partial charge in [-0.1, -0.05) is 5.16 Å². The predicted molar refractivity (Wildman–Crippen MR) is 125 cm³/mol. The highest BCUT2D eigenvalue weighted by molar-refractivity contribution is 7.86. The average Bonchev–Trinajstić information content (AvgIpc) is 3.37. The summed E-state index contributed by atoms with van der Waals surface area (Å²) in [6.07, 6.45) is 2.84. The van der Waals surface area contributed by atoms with Crippen molar-refractivity contribution < 1.29 is 22.6 Å². The van der Waals surface area contributed by atoms with Gasteiger partial charge in [0.15, 0.2) is 16.8 Å². The quantitative estimate of drug-likeness (QED) is 0.443. The largest absolute Gasteiger partial charge is 0.495 e. The fourth-order valence-electron chi connectivity index (χ4n) is 4.23. The first-order chi connectivity index (χ1) is 16.5. The Morgan fingerprint density at radius 3 is 2.71 bits per heavy atom. The van der Waals surface area contributed by atoms with E-state index in [-0.39, 0.29) is 17.3 Å². The van der Waals surface area contributed by atoms with Crippen LogP contribution >= 0.6 is 0 Å². The molecule has 10 heteroatoms. The molecule has 4 aromatic rings. The van der Waals surface area contributed by atoms with Crippen LogP contribution in [0.15, 0.2) is 69.0 Å². The summed E-state index contributed by atoms with van der Waals surface area (Å²) in [6.45, 7) is 1.18. The molecule has 8 nitrogen and oxygen atoms in total. The molecule has 2 aromatic carbocycles. The third-order valence-corrected chi connectivity index (χ3v) is 6.99. The van der Waals surface area contributed by atoms with Crippen LogP contribution in [-0.4, -0.2) is 34.3 Å². The molecule has 5 rings (SSSR count). The lowest BCUT2D eigenvalue weighted by Crippen LogP contribution is -2.20. The molecule has 1 fully saturated rings. The fourth-order valence-corrected chi connectivity index (χ4v) is 5.06. The number of nitrogens with zero attached hydrogens (tertiary/aromatic N) is 2. The highest BCUT2D eigenvalue weighted by atomic mass is 32.2. The van der Waals surface area contributed by atoms with Gasteiger partial charge in [-0.05, 0) is 54.7 Å². The van der Waals surface area contributed by atoms with Gasteiger partial charge in [0.1, 0.15) is 17.8 Å². The molecule has 2 aromatic heterocycles. The number of anilines is 1. The Kier molecular flexibility index (Phi) is 6.16. The Hall–Kier alpha value is -3.50. The summed E-state index contributed by atoms with van der Waals surface area (Å²) in [5.74, 6) is 0.392. The van der Waals surface area contributed by atoms with Crippen LogP contribution in [0, 0.1) is 5.82 Å². The fraction of sp³-hybridized carbons (Fsp3) is 0.250. The molecular formula is C24H22FN3O5S. The number of methoxy groups -OCH3 is 1. The van der Waals surface area contributed by atoms with Gasteiger partial charge in [-0.15, -0.1) is 0 Å². The van der Waals surface area contributed by atoms with Gasteiger partial charge >= 0.3 is 0 Å². The molecule has 0 amide bonds. The molecule has 0 saturated carbocycles. The van der Waals surface area contributed by atoms with Crippen LogP contribution in [0.1, 0.15) is 24.3 Å². The minimum absolute atomic E-state index is 0.0377. The van der Waals surface area contributed by atoms with Crippen molar-refractivity contribution in [1.82, 2.24) is 9.72 Å². The van der Waals surface area contributed by atoms with Crippen LogP contribution in [0.25, 0.3) is 16.6 Å². The van der Waals surface area contributed by atoms with Crippen molar-refractivity contribution in [3.8, 4) is 11.4 Å². The van der Waals surface area contributed by atoms with E-state index in [0.717, 1.165) is 12.8 Å².